The molecule has 1 aromatic heterocycles. The van der Waals surface area contributed by atoms with Crippen LogP contribution in [-0.2, 0) is 13.0 Å². The van der Waals surface area contributed by atoms with Crippen molar-refractivity contribution in [3.63, 3.8) is 0 Å². The number of rotatable bonds is 8. The fourth-order valence-corrected chi connectivity index (χ4v) is 3.62. The van der Waals surface area contributed by atoms with Crippen molar-refractivity contribution in [3.05, 3.63) is 53.4 Å². The van der Waals surface area contributed by atoms with Crippen molar-refractivity contribution in [3.8, 4) is 0 Å². The molecular weight excluding hydrogens is 346 g/mol. The Balaban J connectivity index is 1.48. The molecule has 2 aromatic rings. The summed E-state index contributed by atoms with van der Waals surface area (Å²) in [5, 5.41) is 3.19. The smallest absolute Gasteiger partial charge is 0.222 e. The summed E-state index contributed by atoms with van der Waals surface area (Å²) in [5.41, 5.74) is 1.99. The fourth-order valence-electron chi connectivity index (χ4n) is 3.62. The number of hydrogen-bond acceptors (Lipinski definition) is 4. The predicted molar refractivity (Wildman–Crippen MR) is 103 cm³/mol. The molecule has 1 aliphatic heterocycles. The number of likely N-dealkylation sites (tertiary alicyclic amines) is 1. The molecular formula is C21H28F2N4. The Morgan fingerprint density at radius 3 is 2.70 bits per heavy atom. The maximum Gasteiger partial charge on any atom is 0.222 e. The Morgan fingerprint density at radius 2 is 1.96 bits per heavy atom. The third-order valence-electron chi connectivity index (χ3n) is 5.07. The third-order valence-corrected chi connectivity index (χ3v) is 5.07. The molecule has 3 rings (SSSR count). The van der Waals surface area contributed by atoms with E-state index in [0.29, 0.717) is 11.9 Å². The molecule has 0 amide bonds. The lowest BCUT2D eigenvalue weighted by atomic mass is 9.91. The van der Waals surface area contributed by atoms with E-state index in [1.807, 2.05) is 12.4 Å². The maximum absolute atomic E-state index is 13.3. The van der Waals surface area contributed by atoms with E-state index in [2.05, 4.69) is 27.1 Å². The molecule has 6 heteroatoms. The number of nitrogens with zero attached hydrogens (tertiary/aromatic N) is 3. The average Bonchev–Trinajstić information content (AvgIpc) is 2.69. The zero-order valence-corrected chi connectivity index (χ0v) is 15.9. The Hall–Kier alpha value is -2.08. The Labute approximate surface area is 160 Å². The van der Waals surface area contributed by atoms with Crippen molar-refractivity contribution in [2.45, 2.75) is 45.6 Å². The van der Waals surface area contributed by atoms with E-state index in [1.165, 1.54) is 25.0 Å². The molecule has 27 heavy (non-hydrogen) atoms. The number of benzene rings is 1. The number of aryl methyl sites for hydroxylation is 1. The van der Waals surface area contributed by atoms with Gasteiger partial charge in [0, 0.05) is 37.6 Å². The summed E-state index contributed by atoms with van der Waals surface area (Å²) in [7, 11) is 0. The topological polar surface area (TPSA) is 41.1 Å². The maximum atomic E-state index is 13.3. The van der Waals surface area contributed by atoms with Gasteiger partial charge >= 0.3 is 0 Å². The largest absolute Gasteiger partial charge is 0.354 e. The number of aromatic nitrogens is 2. The van der Waals surface area contributed by atoms with Crippen LogP contribution in [0, 0.1) is 17.6 Å². The van der Waals surface area contributed by atoms with Gasteiger partial charge in [0.2, 0.25) is 5.95 Å². The van der Waals surface area contributed by atoms with Crippen LogP contribution in [-0.4, -0.2) is 34.5 Å². The first-order valence-electron chi connectivity index (χ1n) is 9.85. The minimum absolute atomic E-state index is 0.582. The van der Waals surface area contributed by atoms with Crippen LogP contribution in [0.3, 0.4) is 0 Å². The summed E-state index contributed by atoms with van der Waals surface area (Å²) in [6, 6.07) is 4.22. The van der Waals surface area contributed by atoms with Gasteiger partial charge in [-0.15, -0.1) is 0 Å². The molecule has 1 N–H and O–H groups in total. The highest BCUT2D eigenvalue weighted by atomic mass is 19.2. The van der Waals surface area contributed by atoms with Crippen LogP contribution in [0.2, 0.25) is 0 Å². The first-order valence-corrected chi connectivity index (χ1v) is 9.85. The molecule has 1 aromatic carbocycles. The molecule has 0 unspecified atom stereocenters. The Kier molecular flexibility index (Phi) is 7.10. The van der Waals surface area contributed by atoms with Gasteiger partial charge in [0.15, 0.2) is 11.6 Å². The van der Waals surface area contributed by atoms with Crippen LogP contribution < -0.4 is 5.32 Å². The second-order valence-electron chi connectivity index (χ2n) is 7.37. The zero-order valence-electron chi connectivity index (χ0n) is 15.9. The van der Waals surface area contributed by atoms with Crippen LogP contribution in [0.5, 0.6) is 0 Å². The second-order valence-corrected chi connectivity index (χ2v) is 7.37. The van der Waals surface area contributed by atoms with Crippen molar-refractivity contribution in [2.24, 2.45) is 5.92 Å². The van der Waals surface area contributed by atoms with E-state index < -0.39 is 11.6 Å². The summed E-state index contributed by atoms with van der Waals surface area (Å²) < 4.78 is 26.4. The SMILES string of the molecule is CCCNc1ncc(CN2CCC[C@H](CCc3ccc(F)c(F)c3)C2)cn1. The molecule has 4 nitrogen and oxygen atoms in total. The van der Waals surface area contributed by atoms with Crippen molar-refractivity contribution < 1.29 is 8.78 Å². The normalized spacial score (nSPS) is 17.8. The summed E-state index contributed by atoms with van der Waals surface area (Å²) in [6.07, 6.45) is 8.99. The number of halogens is 2. The molecule has 2 heterocycles. The molecule has 0 radical (unpaired) electrons. The van der Waals surface area contributed by atoms with Gasteiger partial charge in [-0.3, -0.25) is 4.90 Å². The van der Waals surface area contributed by atoms with E-state index in [4.69, 9.17) is 0 Å². The van der Waals surface area contributed by atoms with E-state index in [0.717, 1.165) is 56.6 Å². The highest BCUT2D eigenvalue weighted by Gasteiger charge is 2.20. The molecule has 1 saturated heterocycles. The van der Waals surface area contributed by atoms with Crippen molar-refractivity contribution in [2.75, 3.05) is 25.0 Å². The van der Waals surface area contributed by atoms with E-state index in [9.17, 15) is 8.78 Å². The first kappa shape index (κ1) is 19.7. The number of anilines is 1. The highest BCUT2D eigenvalue weighted by Crippen LogP contribution is 2.23. The van der Waals surface area contributed by atoms with Crippen LogP contribution in [0.15, 0.2) is 30.6 Å². The van der Waals surface area contributed by atoms with Gasteiger partial charge in [0.05, 0.1) is 0 Å². The van der Waals surface area contributed by atoms with E-state index in [1.54, 1.807) is 6.07 Å². The van der Waals surface area contributed by atoms with Gasteiger partial charge in [-0.25, -0.2) is 18.7 Å². The molecule has 146 valence electrons. The molecule has 0 saturated carbocycles. The van der Waals surface area contributed by atoms with Crippen LogP contribution >= 0.6 is 0 Å². The molecule has 0 bridgehead atoms. The lowest BCUT2D eigenvalue weighted by molar-refractivity contribution is 0.161. The fraction of sp³-hybridized carbons (Fsp3) is 0.524. The zero-order chi connectivity index (χ0) is 19.1. The molecule has 0 aliphatic carbocycles. The third kappa shape index (κ3) is 5.96. The molecule has 0 spiro atoms. The van der Waals surface area contributed by atoms with Gasteiger partial charge in [-0.05, 0) is 62.3 Å². The standard InChI is InChI=1S/C21H28F2N4/c1-2-9-24-21-25-12-18(13-26-21)15-27-10-3-4-17(14-27)6-5-16-7-8-19(22)20(23)11-16/h7-8,11-13,17H,2-6,9-10,14-15H2,1H3,(H,24,25,26)/t17-/m1/s1. The minimum Gasteiger partial charge on any atom is -0.354 e. The van der Waals surface area contributed by atoms with Crippen LogP contribution in [0.1, 0.15) is 43.7 Å². The molecule has 1 atom stereocenters. The monoisotopic (exact) mass is 374 g/mol. The highest BCUT2D eigenvalue weighted by molar-refractivity contribution is 5.24. The summed E-state index contributed by atoms with van der Waals surface area (Å²) in [5.74, 6) is -0.266. The lowest BCUT2D eigenvalue weighted by Crippen LogP contribution is -2.35. The number of hydrogen-bond donors (Lipinski definition) is 1. The Bertz CT molecular complexity index is 721. The Morgan fingerprint density at radius 1 is 1.15 bits per heavy atom. The van der Waals surface area contributed by atoms with Gasteiger partial charge < -0.3 is 5.32 Å². The summed E-state index contributed by atoms with van der Waals surface area (Å²) in [6.45, 7) is 5.96. The van der Waals surface area contributed by atoms with E-state index in [-0.39, 0.29) is 0 Å². The first-order chi connectivity index (χ1) is 13.1. The van der Waals surface area contributed by atoms with Gasteiger partial charge in [0.1, 0.15) is 0 Å². The number of piperidine rings is 1. The van der Waals surface area contributed by atoms with Gasteiger partial charge in [0.25, 0.3) is 0 Å². The lowest BCUT2D eigenvalue weighted by Gasteiger charge is -2.32. The average molecular weight is 374 g/mol. The molecule has 1 fully saturated rings. The minimum atomic E-state index is -0.777. The van der Waals surface area contributed by atoms with Crippen molar-refractivity contribution in [1.29, 1.82) is 0 Å². The number of nitrogens with one attached hydrogen (secondary N) is 1. The quantitative estimate of drug-likeness (QED) is 0.743. The van der Waals surface area contributed by atoms with Crippen LogP contribution in [0.25, 0.3) is 0 Å². The van der Waals surface area contributed by atoms with Gasteiger partial charge in [-0.2, -0.15) is 0 Å². The van der Waals surface area contributed by atoms with Crippen molar-refractivity contribution in [1.82, 2.24) is 14.9 Å². The molecule has 1 aliphatic rings. The van der Waals surface area contributed by atoms with Gasteiger partial charge in [-0.1, -0.05) is 13.0 Å². The summed E-state index contributed by atoms with van der Waals surface area (Å²) >= 11 is 0. The van der Waals surface area contributed by atoms with Crippen LogP contribution in [0.4, 0.5) is 14.7 Å². The van der Waals surface area contributed by atoms with Crippen molar-refractivity contribution >= 4 is 5.95 Å². The predicted octanol–water partition coefficient (Wildman–Crippen LogP) is 4.42. The summed E-state index contributed by atoms with van der Waals surface area (Å²) in [4.78, 5) is 11.2. The second kappa shape index (κ2) is 9.74. The van der Waals surface area contributed by atoms with E-state index >= 15 is 0 Å².